The first kappa shape index (κ1) is 11.4. The normalized spacial score (nSPS) is 13.0. The van der Waals surface area contributed by atoms with E-state index in [4.69, 9.17) is 10.8 Å². The number of hydrogen-bond acceptors (Lipinski definition) is 4. The molecule has 0 amide bonds. The zero-order valence-corrected chi connectivity index (χ0v) is 10.4. The molecule has 1 aromatic carbocycles. The molecule has 1 unspecified atom stereocenters. The highest BCUT2D eigenvalue weighted by molar-refractivity contribution is 7.10. The van der Waals surface area contributed by atoms with Gasteiger partial charge < -0.3 is 15.8 Å². The van der Waals surface area contributed by atoms with Crippen molar-refractivity contribution in [3.05, 3.63) is 40.8 Å². The molecule has 2 heterocycles. The molecule has 0 spiro atoms. The Morgan fingerprint density at radius 3 is 3.06 bits per heavy atom. The molecule has 2 aromatic heterocycles. The molecular weight excluding hydrogens is 246 g/mol. The van der Waals surface area contributed by atoms with Gasteiger partial charge in [-0.3, -0.25) is 0 Å². The summed E-state index contributed by atoms with van der Waals surface area (Å²) < 4.78 is 0. The second kappa shape index (κ2) is 4.53. The van der Waals surface area contributed by atoms with E-state index in [0.29, 0.717) is 0 Å². The van der Waals surface area contributed by atoms with Crippen LogP contribution < -0.4 is 5.73 Å². The molecule has 0 saturated carbocycles. The summed E-state index contributed by atoms with van der Waals surface area (Å²) in [7, 11) is 0. The van der Waals surface area contributed by atoms with Crippen LogP contribution >= 0.6 is 11.3 Å². The average molecular weight is 259 g/mol. The van der Waals surface area contributed by atoms with E-state index in [0.717, 1.165) is 27.2 Å². The topological polar surface area (TPSA) is 74.9 Å². The molecule has 3 rings (SSSR count). The predicted octanol–water partition coefficient (Wildman–Crippen LogP) is 2.28. The second-order valence-corrected chi connectivity index (χ2v) is 5.00. The number of nitrogens with two attached hydrogens (primary N) is 1. The molecule has 0 radical (unpaired) electrons. The van der Waals surface area contributed by atoms with Gasteiger partial charge in [-0.25, -0.2) is 4.98 Å². The smallest absolute Gasteiger partial charge is 0.112 e. The number of aliphatic hydroxyl groups is 1. The largest absolute Gasteiger partial charge is 0.394 e. The first-order valence-corrected chi connectivity index (χ1v) is 6.56. The van der Waals surface area contributed by atoms with Gasteiger partial charge in [0.1, 0.15) is 5.01 Å². The van der Waals surface area contributed by atoms with E-state index in [-0.39, 0.29) is 6.61 Å². The summed E-state index contributed by atoms with van der Waals surface area (Å²) in [5, 5.41) is 12.9. The summed E-state index contributed by atoms with van der Waals surface area (Å²) in [6, 6.07) is 7.70. The first-order valence-electron chi connectivity index (χ1n) is 5.68. The highest BCUT2D eigenvalue weighted by atomic mass is 32.1. The van der Waals surface area contributed by atoms with Crippen LogP contribution in [0.2, 0.25) is 0 Å². The number of aromatic nitrogens is 2. The minimum atomic E-state index is -0.394. The van der Waals surface area contributed by atoms with E-state index in [1.807, 2.05) is 29.8 Å². The first-order chi connectivity index (χ1) is 8.79. The van der Waals surface area contributed by atoms with Crippen LogP contribution in [0.15, 0.2) is 35.8 Å². The summed E-state index contributed by atoms with van der Waals surface area (Å²) in [6.45, 7) is -0.0825. The van der Waals surface area contributed by atoms with Gasteiger partial charge in [-0.1, -0.05) is 18.2 Å². The van der Waals surface area contributed by atoms with Gasteiger partial charge in [-0.2, -0.15) is 0 Å². The maximum atomic E-state index is 9.04. The molecule has 92 valence electrons. The standard InChI is InChI=1S/C13H13N3OS/c14-10(6-17)13-16-12(7-18-13)9-5-15-11-4-2-1-3-8(9)11/h1-5,7,10,15,17H,6,14H2. The molecule has 4 nitrogen and oxygen atoms in total. The van der Waals surface area contributed by atoms with Crippen LogP contribution in [0.25, 0.3) is 22.2 Å². The number of fused-ring (bicyclic) bond motifs is 1. The lowest BCUT2D eigenvalue weighted by atomic mass is 10.1. The van der Waals surface area contributed by atoms with Gasteiger partial charge in [0.2, 0.25) is 0 Å². The quantitative estimate of drug-likeness (QED) is 0.675. The van der Waals surface area contributed by atoms with Crippen molar-refractivity contribution in [1.29, 1.82) is 0 Å². The Labute approximate surface area is 108 Å². The van der Waals surface area contributed by atoms with E-state index < -0.39 is 6.04 Å². The van der Waals surface area contributed by atoms with Crippen molar-refractivity contribution in [2.75, 3.05) is 6.61 Å². The van der Waals surface area contributed by atoms with Gasteiger partial charge in [0.25, 0.3) is 0 Å². The molecule has 0 fully saturated rings. The van der Waals surface area contributed by atoms with Gasteiger partial charge in [0.15, 0.2) is 0 Å². The fourth-order valence-electron chi connectivity index (χ4n) is 1.94. The molecule has 5 heteroatoms. The van der Waals surface area contributed by atoms with Crippen LogP contribution in [0.3, 0.4) is 0 Å². The number of thiazole rings is 1. The van der Waals surface area contributed by atoms with Crippen LogP contribution in [0.5, 0.6) is 0 Å². The van der Waals surface area contributed by atoms with Gasteiger partial charge in [0, 0.05) is 28.0 Å². The van der Waals surface area contributed by atoms with Crippen molar-refractivity contribution >= 4 is 22.2 Å². The van der Waals surface area contributed by atoms with Crippen LogP contribution in [0.1, 0.15) is 11.0 Å². The minimum Gasteiger partial charge on any atom is -0.394 e. The number of nitrogens with zero attached hydrogens (tertiary/aromatic N) is 1. The number of hydrogen-bond donors (Lipinski definition) is 3. The Morgan fingerprint density at radius 2 is 2.22 bits per heavy atom. The summed E-state index contributed by atoms with van der Waals surface area (Å²) in [4.78, 5) is 7.71. The lowest BCUT2D eigenvalue weighted by Crippen LogP contribution is -2.13. The number of H-pyrrole nitrogens is 1. The third kappa shape index (κ3) is 1.82. The highest BCUT2D eigenvalue weighted by Gasteiger charge is 2.13. The fraction of sp³-hybridized carbons (Fsp3) is 0.154. The van der Waals surface area contributed by atoms with Gasteiger partial charge >= 0.3 is 0 Å². The predicted molar refractivity (Wildman–Crippen MR) is 73.4 cm³/mol. The Hall–Kier alpha value is -1.69. The number of aromatic amines is 1. The zero-order chi connectivity index (χ0) is 12.5. The van der Waals surface area contributed by atoms with Crippen LogP contribution in [-0.4, -0.2) is 21.7 Å². The molecular formula is C13H13N3OS. The molecule has 0 aliphatic heterocycles. The van der Waals surface area contributed by atoms with Crippen LogP contribution in [-0.2, 0) is 0 Å². The van der Waals surface area contributed by atoms with Gasteiger partial charge in [-0.05, 0) is 6.07 Å². The summed E-state index contributed by atoms with van der Waals surface area (Å²) >= 11 is 1.48. The van der Waals surface area contributed by atoms with Crippen LogP contribution in [0, 0.1) is 0 Å². The van der Waals surface area contributed by atoms with Crippen molar-refractivity contribution in [2.24, 2.45) is 5.73 Å². The number of aliphatic hydroxyl groups excluding tert-OH is 1. The van der Waals surface area contributed by atoms with Gasteiger partial charge in [0.05, 0.1) is 18.3 Å². The second-order valence-electron chi connectivity index (χ2n) is 4.11. The number of benzene rings is 1. The third-order valence-corrected chi connectivity index (χ3v) is 3.88. The molecule has 0 saturated heterocycles. The molecule has 18 heavy (non-hydrogen) atoms. The lowest BCUT2D eigenvalue weighted by Gasteiger charge is -2.01. The average Bonchev–Trinajstić information content (AvgIpc) is 3.03. The van der Waals surface area contributed by atoms with E-state index >= 15 is 0 Å². The van der Waals surface area contributed by atoms with Crippen molar-refractivity contribution < 1.29 is 5.11 Å². The van der Waals surface area contributed by atoms with E-state index in [9.17, 15) is 0 Å². The van der Waals surface area contributed by atoms with E-state index in [1.54, 1.807) is 0 Å². The van der Waals surface area contributed by atoms with Crippen molar-refractivity contribution in [3.63, 3.8) is 0 Å². The maximum absolute atomic E-state index is 9.04. The molecule has 4 N–H and O–H groups in total. The van der Waals surface area contributed by atoms with E-state index in [2.05, 4.69) is 16.0 Å². The van der Waals surface area contributed by atoms with Crippen LogP contribution in [0.4, 0.5) is 0 Å². The van der Waals surface area contributed by atoms with Gasteiger partial charge in [-0.15, -0.1) is 11.3 Å². The third-order valence-electron chi connectivity index (χ3n) is 2.90. The Morgan fingerprint density at radius 1 is 1.39 bits per heavy atom. The highest BCUT2D eigenvalue weighted by Crippen LogP contribution is 2.30. The monoisotopic (exact) mass is 259 g/mol. The lowest BCUT2D eigenvalue weighted by molar-refractivity contribution is 0.268. The van der Waals surface area contributed by atoms with E-state index in [1.165, 1.54) is 11.3 Å². The Kier molecular flexibility index (Phi) is 2.87. The van der Waals surface area contributed by atoms with Crippen molar-refractivity contribution in [2.45, 2.75) is 6.04 Å². The summed E-state index contributed by atoms with van der Waals surface area (Å²) in [6.07, 6.45) is 1.95. The fourth-order valence-corrected chi connectivity index (χ4v) is 2.76. The van der Waals surface area contributed by atoms with Crippen molar-refractivity contribution in [3.8, 4) is 11.3 Å². The maximum Gasteiger partial charge on any atom is 0.112 e. The molecule has 0 bridgehead atoms. The molecule has 0 aliphatic rings. The van der Waals surface area contributed by atoms with Crippen molar-refractivity contribution in [1.82, 2.24) is 9.97 Å². The summed E-state index contributed by atoms with van der Waals surface area (Å²) in [5.74, 6) is 0. The number of rotatable bonds is 3. The Balaban J connectivity index is 2.07. The Bertz CT molecular complexity index is 673. The molecule has 1 atom stereocenters. The number of nitrogens with one attached hydrogen (secondary N) is 1. The number of para-hydroxylation sites is 1. The summed E-state index contributed by atoms with van der Waals surface area (Å²) in [5.41, 5.74) is 8.82. The molecule has 0 aliphatic carbocycles. The molecule has 3 aromatic rings. The minimum absolute atomic E-state index is 0.0825. The zero-order valence-electron chi connectivity index (χ0n) is 9.63. The SMILES string of the molecule is NC(CO)c1nc(-c2c[nH]c3ccccc23)cs1.